The maximum absolute atomic E-state index is 13.0. The van der Waals surface area contributed by atoms with Crippen molar-refractivity contribution in [2.24, 2.45) is 0 Å². The summed E-state index contributed by atoms with van der Waals surface area (Å²) in [6, 6.07) is 2.54. The molecule has 2 N–H and O–H groups in total. The van der Waals surface area contributed by atoms with Crippen LogP contribution in [0, 0.1) is 5.95 Å². The lowest BCUT2D eigenvalue weighted by Gasteiger charge is -2.09. The molecule has 0 bridgehead atoms. The molecule has 0 aliphatic heterocycles. The van der Waals surface area contributed by atoms with E-state index in [9.17, 15) is 4.39 Å². The van der Waals surface area contributed by atoms with Gasteiger partial charge < -0.3 is 10.0 Å². The molecular formula is C9H13BFNO2. The molecule has 1 heterocycles. The van der Waals surface area contributed by atoms with Crippen LogP contribution >= 0.6 is 0 Å². The SMILES string of the molecule is CCC(C)c1cc(B(O)O)cc(F)n1. The zero-order valence-electron chi connectivity index (χ0n) is 8.24. The highest BCUT2D eigenvalue weighted by Gasteiger charge is 2.15. The number of halogens is 1. The van der Waals surface area contributed by atoms with Gasteiger partial charge in [-0.15, -0.1) is 0 Å². The van der Waals surface area contributed by atoms with Crippen molar-refractivity contribution in [3.8, 4) is 0 Å². The Morgan fingerprint density at radius 2 is 2.14 bits per heavy atom. The van der Waals surface area contributed by atoms with Crippen molar-refractivity contribution in [1.82, 2.24) is 4.98 Å². The first-order chi connectivity index (χ1) is 6.54. The molecule has 0 fully saturated rings. The van der Waals surface area contributed by atoms with E-state index in [4.69, 9.17) is 10.0 Å². The van der Waals surface area contributed by atoms with Crippen LogP contribution in [-0.4, -0.2) is 22.2 Å². The maximum atomic E-state index is 13.0. The maximum Gasteiger partial charge on any atom is 0.488 e. The van der Waals surface area contributed by atoms with E-state index in [-0.39, 0.29) is 11.4 Å². The number of rotatable bonds is 3. The summed E-state index contributed by atoms with van der Waals surface area (Å²) in [5.74, 6) is -0.561. The van der Waals surface area contributed by atoms with Crippen LogP contribution in [0.2, 0.25) is 0 Å². The Kier molecular flexibility index (Phi) is 3.60. The quantitative estimate of drug-likeness (QED) is 0.545. The van der Waals surface area contributed by atoms with Gasteiger partial charge in [0.2, 0.25) is 5.95 Å². The van der Waals surface area contributed by atoms with Gasteiger partial charge >= 0.3 is 7.12 Å². The van der Waals surface area contributed by atoms with Crippen LogP contribution in [0.25, 0.3) is 0 Å². The molecule has 0 radical (unpaired) electrons. The molecule has 3 nitrogen and oxygen atoms in total. The Morgan fingerprint density at radius 1 is 1.50 bits per heavy atom. The van der Waals surface area contributed by atoms with Gasteiger partial charge in [-0.3, -0.25) is 0 Å². The van der Waals surface area contributed by atoms with Gasteiger partial charge in [0.05, 0.1) is 0 Å². The van der Waals surface area contributed by atoms with Gasteiger partial charge in [-0.1, -0.05) is 13.8 Å². The van der Waals surface area contributed by atoms with Crippen LogP contribution in [0.1, 0.15) is 31.9 Å². The second-order valence-electron chi connectivity index (χ2n) is 3.33. The molecule has 0 aliphatic carbocycles. The van der Waals surface area contributed by atoms with Crippen LogP contribution in [0.3, 0.4) is 0 Å². The number of pyridine rings is 1. The highest BCUT2D eigenvalue weighted by atomic mass is 19.1. The van der Waals surface area contributed by atoms with Gasteiger partial charge in [-0.05, 0) is 29.9 Å². The van der Waals surface area contributed by atoms with E-state index in [2.05, 4.69) is 4.98 Å². The molecule has 1 unspecified atom stereocenters. The summed E-state index contributed by atoms with van der Waals surface area (Å²) in [5, 5.41) is 17.8. The lowest BCUT2D eigenvalue weighted by atomic mass is 9.80. The number of nitrogens with zero attached hydrogens (tertiary/aromatic N) is 1. The third kappa shape index (κ3) is 2.53. The zero-order chi connectivity index (χ0) is 10.7. The van der Waals surface area contributed by atoms with Crippen LogP contribution in [-0.2, 0) is 0 Å². The van der Waals surface area contributed by atoms with Crippen molar-refractivity contribution in [2.45, 2.75) is 26.2 Å². The fourth-order valence-corrected chi connectivity index (χ4v) is 1.15. The van der Waals surface area contributed by atoms with Crippen molar-refractivity contribution in [3.63, 3.8) is 0 Å². The summed E-state index contributed by atoms with van der Waals surface area (Å²) >= 11 is 0. The van der Waals surface area contributed by atoms with Gasteiger partial charge in [0.25, 0.3) is 0 Å². The van der Waals surface area contributed by atoms with E-state index in [1.807, 2.05) is 13.8 Å². The first kappa shape index (κ1) is 11.1. The minimum Gasteiger partial charge on any atom is -0.423 e. The molecule has 0 aliphatic rings. The largest absolute Gasteiger partial charge is 0.488 e. The van der Waals surface area contributed by atoms with Crippen LogP contribution in [0.15, 0.2) is 12.1 Å². The van der Waals surface area contributed by atoms with Crippen LogP contribution in [0.5, 0.6) is 0 Å². The lowest BCUT2D eigenvalue weighted by Crippen LogP contribution is -2.31. The van der Waals surface area contributed by atoms with Crippen molar-refractivity contribution in [3.05, 3.63) is 23.8 Å². The number of aromatic nitrogens is 1. The van der Waals surface area contributed by atoms with Gasteiger partial charge in [-0.2, -0.15) is 4.39 Å². The molecule has 5 heteroatoms. The summed E-state index contributed by atoms with van der Waals surface area (Å²) in [6.07, 6.45) is 0.831. The van der Waals surface area contributed by atoms with E-state index < -0.39 is 13.1 Å². The molecule has 0 saturated carbocycles. The Bertz CT molecular complexity index is 320. The molecule has 0 amide bonds. The van der Waals surface area contributed by atoms with Crippen molar-refractivity contribution < 1.29 is 14.4 Å². The highest BCUT2D eigenvalue weighted by molar-refractivity contribution is 6.58. The van der Waals surface area contributed by atoms with E-state index in [1.54, 1.807) is 0 Å². The average Bonchev–Trinajstić information content (AvgIpc) is 2.15. The molecule has 0 aromatic carbocycles. The normalized spacial score (nSPS) is 12.6. The molecule has 1 rings (SSSR count). The third-order valence-corrected chi connectivity index (χ3v) is 2.25. The van der Waals surface area contributed by atoms with Crippen molar-refractivity contribution in [2.75, 3.05) is 0 Å². The topological polar surface area (TPSA) is 53.4 Å². The first-order valence-corrected chi connectivity index (χ1v) is 4.58. The first-order valence-electron chi connectivity index (χ1n) is 4.58. The number of hydrogen-bond donors (Lipinski definition) is 2. The third-order valence-electron chi connectivity index (χ3n) is 2.25. The predicted molar refractivity (Wildman–Crippen MR) is 52.7 cm³/mol. The van der Waals surface area contributed by atoms with Gasteiger partial charge in [0.1, 0.15) is 0 Å². The second-order valence-corrected chi connectivity index (χ2v) is 3.33. The van der Waals surface area contributed by atoms with E-state index in [0.29, 0.717) is 5.69 Å². The molecule has 1 aromatic heterocycles. The number of hydrogen-bond acceptors (Lipinski definition) is 3. The standard InChI is InChI=1S/C9H13BFNO2/c1-3-6(2)8-4-7(10(13)14)5-9(11)12-8/h4-6,13-14H,3H2,1-2H3. The minimum absolute atomic E-state index is 0.114. The van der Waals surface area contributed by atoms with E-state index >= 15 is 0 Å². The lowest BCUT2D eigenvalue weighted by molar-refractivity contribution is 0.425. The minimum atomic E-state index is -1.64. The summed E-state index contributed by atoms with van der Waals surface area (Å²) in [6.45, 7) is 3.88. The Morgan fingerprint density at radius 3 is 2.64 bits per heavy atom. The summed E-state index contributed by atoms with van der Waals surface area (Å²) < 4.78 is 13.0. The smallest absolute Gasteiger partial charge is 0.423 e. The van der Waals surface area contributed by atoms with Crippen molar-refractivity contribution >= 4 is 12.6 Å². The monoisotopic (exact) mass is 197 g/mol. The van der Waals surface area contributed by atoms with E-state index in [0.717, 1.165) is 12.5 Å². The summed E-state index contributed by atoms with van der Waals surface area (Å²) in [7, 11) is -1.64. The fourth-order valence-electron chi connectivity index (χ4n) is 1.15. The highest BCUT2D eigenvalue weighted by Crippen LogP contribution is 2.15. The molecular weight excluding hydrogens is 184 g/mol. The van der Waals surface area contributed by atoms with Crippen molar-refractivity contribution in [1.29, 1.82) is 0 Å². The predicted octanol–water partition coefficient (Wildman–Crippen LogP) is 0.414. The summed E-state index contributed by atoms with van der Waals surface area (Å²) in [5.41, 5.74) is 0.698. The Labute approximate surface area is 82.8 Å². The Balaban J connectivity index is 3.07. The van der Waals surface area contributed by atoms with E-state index in [1.165, 1.54) is 6.07 Å². The molecule has 0 spiro atoms. The van der Waals surface area contributed by atoms with Crippen LogP contribution in [0.4, 0.5) is 4.39 Å². The van der Waals surface area contributed by atoms with Gasteiger partial charge in [0.15, 0.2) is 0 Å². The molecule has 1 atom stereocenters. The Hall–Kier alpha value is -0.935. The molecule has 76 valence electrons. The van der Waals surface area contributed by atoms with Gasteiger partial charge in [0, 0.05) is 5.69 Å². The summed E-state index contributed by atoms with van der Waals surface area (Å²) in [4.78, 5) is 3.70. The van der Waals surface area contributed by atoms with Gasteiger partial charge in [-0.25, -0.2) is 4.98 Å². The second kappa shape index (κ2) is 4.53. The fraction of sp³-hybridized carbons (Fsp3) is 0.444. The molecule has 14 heavy (non-hydrogen) atoms. The molecule has 0 saturated heterocycles. The average molecular weight is 197 g/mol. The zero-order valence-corrected chi connectivity index (χ0v) is 8.24. The van der Waals surface area contributed by atoms with Crippen LogP contribution < -0.4 is 5.46 Å². The molecule has 1 aromatic rings.